The molecule has 0 atom stereocenters. The van der Waals surface area contributed by atoms with Crippen LogP contribution in [0.1, 0.15) is 10.5 Å². The van der Waals surface area contributed by atoms with Crippen molar-refractivity contribution in [3.8, 4) is 0 Å². The number of hydrogen-bond acceptors (Lipinski definition) is 2. The summed E-state index contributed by atoms with van der Waals surface area (Å²) in [5.74, 6) is -1.29. The minimum Gasteiger partial charge on any atom is -0.477 e. The van der Waals surface area contributed by atoms with Gasteiger partial charge >= 0.3 is 5.97 Å². The van der Waals surface area contributed by atoms with Crippen LogP contribution in [0.25, 0.3) is 10.9 Å². The van der Waals surface area contributed by atoms with Crippen LogP contribution in [0.15, 0.2) is 23.0 Å². The Balaban J connectivity index is 2.94. The SMILES string of the molecule is O=C(O)c1[nH]c2cc(Cl)ccc2c(=O)c1Cl. The number of pyridine rings is 1. The lowest BCUT2D eigenvalue weighted by Crippen LogP contribution is -2.12. The predicted molar refractivity (Wildman–Crippen MR) is 61.5 cm³/mol. The highest BCUT2D eigenvalue weighted by molar-refractivity contribution is 6.34. The molecule has 0 aliphatic rings. The molecule has 0 saturated heterocycles. The summed E-state index contributed by atoms with van der Waals surface area (Å²) in [6.07, 6.45) is 0. The topological polar surface area (TPSA) is 70.2 Å². The molecule has 0 fully saturated rings. The fourth-order valence-electron chi connectivity index (χ4n) is 1.39. The number of rotatable bonds is 1. The number of carboxylic acid groups (broad SMARTS) is 1. The second-order valence-corrected chi connectivity index (χ2v) is 3.95. The zero-order valence-corrected chi connectivity index (χ0v) is 9.26. The maximum Gasteiger partial charge on any atom is 0.354 e. The average molecular weight is 258 g/mol. The first-order valence-electron chi connectivity index (χ1n) is 4.25. The number of halogens is 2. The van der Waals surface area contributed by atoms with Crippen molar-refractivity contribution in [2.45, 2.75) is 0 Å². The van der Waals surface area contributed by atoms with Gasteiger partial charge in [0.25, 0.3) is 0 Å². The lowest BCUT2D eigenvalue weighted by atomic mass is 10.2. The van der Waals surface area contributed by atoms with Crippen LogP contribution in [0.3, 0.4) is 0 Å². The van der Waals surface area contributed by atoms with E-state index in [1.165, 1.54) is 18.2 Å². The molecule has 0 saturated carbocycles. The number of aromatic carboxylic acids is 1. The number of aromatic amines is 1. The van der Waals surface area contributed by atoms with Gasteiger partial charge in [0.05, 0.1) is 5.52 Å². The van der Waals surface area contributed by atoms with E-state index >= 15 is 0 Å². The van der Waals surface area contributed by atoms with E-state index in [9.17, 15) is 9.59 Å². The van der Waals surface area contributed by atoms with Crippen molar-refractivity contribution in [2.24, 2.45) is 0 Å². The molecule has 16 heavy (non-hydrogen) atoms. The summed E-state index contributed by atoms with van der Waals surface area (Å²) in [6.45, 7) is 0. The molecule has 2 N–H and O–H groups in total. The highest BCUT2D eigenvalue weighted by Crippen LogP contribution is 2.19. The third kappa shape index (κ3) is 1.66. The van der Waals surface area contributed by atoms with Gasteiger partial charge < -0.3 is 10.1 Å². The van der Waals surface area contributed by atoms with E-state index in [2.05, 4.69) is 4.98 Å². The van der Waals surface area contributed by atoms with Crippen molar-refractivity contribution >= 4 is 40.1 Å². The number of H-pyrrole nitrogens is 1. The van der Waals surface area contributed by atoms with Crippen LogP contribution < -0.4 is 5.43 Å². The monoisotopic (exact) mass is 257 g/mol. The van der Waals surface area contributed by atoms with E-state index in [0.29, 0.717) is 15.9 Å². The Morgan fingerprint density at radius 1 is 1.31 bits per heavy atom. The molecular weight excluding hydrogens is 253 g/mol. The van der Waals surface area contributed by atoms with Gasteiger partial charge in [0, 0.05) is 10.4 Å². The summed E-state index contributed by atoms with van der Waals surface area (Å²) in [5.41, 5.74) is -0.509. The fourth-order valence-corrected chi connectivity index (χ4v) is 1.79. The lowest BCUT2D eigenvalue weighted by molar-refractivity contribution is 0.0691. The summed E-state index contributed by atoms with van der Waals surface area (Å²) in [5, 5.41) is 9.21. The van der Waals surface area contributed by atoms with E-state index in [4.69, 9.17) is 28.3 Å². The summed E-state index contributed by atoms with van der Waals surface area (Å²) in [6, 6.07) is 4.50. The molecule has 1 aromatic carbocycles. The molecule has 0 aliphatic heterocycles. The molecule has 2 aromatic rings. The van der Waals surface area contributed by atoms with Gasteiger partial charge in [-0.3, -0.25) is 4.79 Å². The van der Waals surface area contributed by atoms with Gasteiger partial charge in [-0.1, -0.05) is 23.2 Å². The summed E-state index contributed by atoms with van der Waals surface area (Å²) in [7, 11) is 0. The van der Waals surface area contributed by atoms with Gasteiger partial charge in [0.2, 0.25) is 5.43 Å². The number of hydrogen-bond donors (Lipinski definition) is 2. The number of carbonyl (C=O) groups is 1. The molecule has 0 amide bonds. The highest BCUT2D eigenvalue weighted by atomic mass is 35.5. The summed E-state index contributed by atoms with van der Waals surface area (Å²) >= 11 is 11.4. The fraction of sp³-hybridized carbons (Fsp3) is 0. The Morgan fingerprint density at radius 3 is 2.62 bits per heavy atom. The summed E-state index contributed by atoms with van der Waals surface area (Å²) in [4.78, 5) is 25.1. The third-order valence-corrected chi connectivity index (χ3v) is 2.71. The van der Waals surface area contributed by atoms with E-state index in [-0.39, 0.29) is 10.7 Å². The quantitative estimate of drug-likeness (QED) is 0.825. The normalized spacial score (nSPS) is 10.6. The molecule has 6 heteroatoms. The van der Waals surface area contributed by atoms with E-state index in [0.717, 1.165) is 0 Å². The number of benzene rings is 1. The van der Waals surface area contributed by atoms with Gasteiger partial charge in [0.1, 0.15) is 10.7 Å². The zero-order chi connectivity index (χ0) is 11.9. The largest absolute Gasteiger partial charge is 0.477 e. The number of carboxylic acids is 1. The van der Waals surface area contributed by atoms with Crippen molar-refractivity contribution in [1.82, 2.24) is 4.98 Å². The Bertz CT molecular complexity index is 648. The molecule has 4 nitrogen and oxygen atoms in total. The number of nitrogens with one attached hydrogen (secondary N) is 1. The van der Waals surface area contributed by atoms with E-state index < -0.39 is 11.4 Å². The van der Waals surface area contributed by atoms with E-state index in [1.807, 2.05) is 0 Å². The molecule has 82 valence electrons. The molecule has 1 aromatic heterocycles. The van der Waals surface area contributed by atoms with Crippen molar-refractivity contribution in [3.05, 3.63) is 44.2 Å². The zero-order valence-electron chi connectivity index (χ0n) is 7.75. The van der Waals surface area contributed by atoms with Gasteiger partial charge in [-0.25, -0.2) is 4.79 Å². The third-order valence-electron chi connectivity index (χ3n) is 2.12. The van der Waals surface area contributed by atoms with Crippen LogP contribution in [0.2, 0.25) is 10.0 Å². The number of fused-ring (bicyclic) bond motifs is 1. The molecule has 0 aliphatic carbocycles. The number of aromatic nitrogens is 1. The molecule has 2 rings (SSSR count). The van der Waals surface area contributed by atoms with Gasteiger partial charge in [-0.2, -0.15) is 0 Å². The second-order valence-electron chi connectivity index (χ2n) is 3.14. The Labute approximate surface area is 99.4 Å². The molecule has 0 unspecified atom stereocenters. The predicted octanol–water partition coefficient (Wildman–Crippen LogP) is 2.53. The highest BCUT2D eigenvalue weighted by Gasteiger charge is 2.15. The van der Waals surface area contributed by atoms with Crippen LogP contribution >= 0.6 is 23.2 Å². The standard InChI is InChI=1S/C10H5Cl2NO3/c11-4-1-2-5-6(3-4)13-8(10(15)16)7(12)9(5)14/h1-3H,(H,13,14)(H,15,16). The molecule has 1 heterocycles. The molecular formula is C10H5Cl2NO3. The van der Waals surface area contributed by atoms with Gasteiger partial charge in [-0.05, 0) is 18.2 Å². The van der Waals surface area contributed by atoms with Gasteiger partial charge in [0.15, 0.2) is 0 Å². The smallest absolute Gasteiger partial charge is 0.354 e. The van der Waals surface area contributed by atoms with E-state index in [1.54, 1.807) is 0 Å². The van der Waals surface area contributed by atoms with Crippen LogP contribution in [-0.2, 0) is 0 Å². The maximum absolute atomic E-state index is 11.7. The Hall–Kier alpha value is -1.52. The maximum atomic E-state index is 11.7. The molecule has 0 bridgehead atoms. The molecule has 0 spiro atoms. The second kappa shape index (κ2) is 3.81. The minimum absolute atomic E-state index is 0.305. The van der Waals surface area contributed by atoms with Crippen LogP contribution in [0, 0.1) is 0 Å². The van der Waals surface area contributed by atoms with Gasteiger partial charge in [-0.15, -0.1) is 0 Å². The first-order valence-corrected chi connectivity index (χ1v) is 5.00. The van der Waals surface area contributed by atoms with Crippen molar-refractivity contribution in [3.63, 3.8) is 0 Å². The van der Waals surface area contributed by atoms with Crippen LogP contribution in [0.5, 0.6) is 0 Å². The van der Waals surface area contributed by atoms with Crippen molar-refractivity contribution in [1.29, 1.82) is 0 Å². The first-order chi connectivity index (χ1) is 7.50. The summed E-state index contributed by atoms with van der Waals surface area (Å²) < 4.78 is 0. The lowest BCUT2D eigenvalue weighted by Gasteiger charge is -2.03. The first kappa shape index (κ1) is 11.0. The minimum atomic E-state index is -1.29. The Morgan fingerprint density at radius 2 is 2.00 bits per heavy atom. The Kier molecular flexibility index (Phi) is 2.61. The average Bonchev–Trinajstić information content (AvgIpc) is 2.22. The van der Waals surface area contributed by atoms with Crippen molar-refractivity contribution in [2.75, 3.05) is 0 Å². The van der Waals surface area contributed by atoms with Crippen LogP contribution in [0.4, 0.5) is 0 Å². The van der Waals surface area contributed by atoms with Crippen molar-refractivity contribution < 1.29 is 9.90 Å². The molecule has 0 radical (unpaired) electrons. The van der Waals surface area contributed by atoms with Crippen LogP contribution in [-0.4, -0.2) is 16.1 Å².